The van der Waals surface area contributed by atoms with Gasteiger partial charge in [-0.3, -0.25) is 23.9 Å². The Morgan fingerprint density at radius 3 is 2.25 bits per heavy atom. The van der Waals surface area contributed by atoms with E-state index in [1.54, 1.807) is 47.6 Å². The minimum Gasteiger partial charge on any atom is -0.325 e. The van der Waals surface area contributed by atoms with E-state index in [2.05, 4.69) is 44.9 Å². The second kappa shape index (κ2) is 15.6. The number of hydrogen-bond donors (Lipinski definition) is 2. The quantitative estimate of drug-likeness (QED) is 0.130. The number of amides is 3. The van der Waals surface area contributed by atoms with Crippen LogP contribution in [0.5, 0.6) is 0 Å². The lowest BCUT2D eigenvalue weighted by Gasteiger charge is -2.30. The number of anilines is 3. The molecule has 0 saturated heterocycles. The van der Waals surface area contributed by atoms with Gasteiger partial charge in [0.2, 0.25) is 11.8 Å². The van der Waals surface area contributed by atoms with Crippen molar-refractivity contribution in [1.29, 1.82) is 0 Å². The normalized spacial score (nSPS) is 12.3. The lowest BCUT2D eigenvalue weighted by Crippen LogP contribution is -2.34. The number of rotatable bonds is 11. The van der Waals surface area contributed by atoms with Gasteiger partial charge in [0.05, 0.1) is 12.3 Å². The van der Waals surface area contributed by atoms with Crippen molar-refractivity contribution in [3.05, 3.63) is 143 Å². The molecule has 0 bridgehead atoms. The van der Waals surface area contributed by atoms with Crippen LogP contribution >= 0.6 is 23.4 Å². The van der Waals surface area contributed by atoms with E-state index in [4.69, 9.17) is 11.6 Å². The monoisotopic (exact) mass is 727 g/mol. The summed E-state index contributed by atoms with van der Waals surface area (Å²) in [6.45, 7) is 2.55. The maximum absolute atomic E-state index is 13.2. The lowest BCUT2D eigenvalue weighted by molar-refractivity contribution is -0.119. The summed E-state index contributed by atoms with van der Waals surface area (Å²) in [6.07, 6.45) is 5.33. The Labute approximate surface area is 310 Å². The molecule has 0 fully saturated rings. The number of fused-ring (bicyclic) bond motifs is 1. The average Bonchev–Trinajstić information content (AvgIpc) is 3.60. The number of nitrogens with zero attached hydrogens (tertiary/aromatic N) is 5. The first-order valence-electron chi connectivity index (χ1n) is 16.8. The molecular formula is C40H34ClN7O3S. The lowest BCUT2D eigenvalue weighted by atomic mass is 9.99. The van der Waals surface area contributed by atoms with E-state index in [0.29, 0.717) is 52.3 Å². The molecule has 0 unspecified atom stereocenters. The Balaban J connectivity index is 0.975. The average molecular weight is 728 g/mol. The van der Waals surface area contributed by atoms with Crippen molar-refractivity contribution >= 4 is 58.1 Å². The van der Waals surface area contributed by atoms with Gasteiger partial charge in [-0.15, -0.1) is 10.2 Å². The molecule has 2 aromatic heterocycles. The number of halogens is 1. The number of thioether (sulfide) groups is 1. The minimum atomic E-state index is -0.283. The summed E-state index contributed by atoms with van der Waals surface area (Å²) in [5.74, 6) is 0.312. The Bertz CT molecular complexity index is 2230. The van der Waals surface area contributed by atoms with E-state index in [-0.39, 0.29) is 23.5 Å². The zero-order valence-corrected chi connectivity index (χ0v) is 29.8. The second-order valence-corrected chi connectivity index (χ2v) is 13.6. The second-order valence-electron chi connectivity index (χ2n) is 12.2. The van der Waals surface area contributed by atoms with Gasteiger partial charge in [0.25, 0.3) is 5.91 Å². The van der Waals surface area contributed by atoms with E-state index < -0.39 is 0 Å². The third-order valence-corrected chi connectivity index (χ3v) is 9.91. The van der Waals surface area contributed by atoms with Gasteiger partial charge in [0.1, 0.15) is 0 Å². The molecule has 3 amide bonds. The van der Waals surface area contributed by atoms with Gasteiger partial charge in [-0.2, -0.15) is 0 Å². The molecule has 0 aliphatic carbocycles. The number of aryl methyl sites for hydroxylation is 2. The maximum Gasteiger partial charge on any atom is 0.255 e. The van der Waals surface area contributed by atoms with E-state index in [1.165, 1.54) is 17.3 Å². The molecule has 3 heterocycles. The first kappa shape index (κ1) is 34.7. The number of benzene rings is 4. The van der Waals surface area contributed by atoms with Crippen LogP contribution < -0.4 is 15.5 Å². The van der Waals surface area contributed by atoms with E-state index in [9.17, 15) is 14.4 Å². The van der Waals surface area contributed by atoms with Crippen molar-refractivity contribution in [1.82, 2.24) is 19.7 Å². The summed E-state index contributed by atoms with van der Waals surface area (Å²) in [6, 6.07) is 31.7. The van der Waals surface area contributed by atoms with E-state index in [1.807, 2.05) is 65.2 Å². The predicted molar refractivity (Wildman–Crippen MR) is 205 cm³/mol. The third kappa shape index (κ3) is 7.91. The van der Waals surface area contributed by atoms with E-state index >= 15 is 0 Å². The third-order valence-electron chi connectivity index (χ3n) is 8.73. The molecule has 260 valence electrons. The van der Waals surface area contributed by atoms with Crippen LogP contribution in [0.3, 0.4) is 0 Å². The molecule has 1 aliphatic heterocycles. The largest absolute Gasteiger partial charge is 0.325 e. The Kier molecular flexibility index (Phi) is 10.4. The predicted octanol–water partition coefficient (Wildman–Crippen LogP) is 8.01. The van der Waals surface area contributed by atoms with E-state index in [0.717, 1.165) is 34.5 Å². The van der Waals surface area contributed by atoms with Crippen LogP contribution in [0.15, 0.2) is 121 Å². The zero-order chi connectivity index (χ0) is 36.0. The fourth-order valence-corrected chi connectivity index (χ4v) is 6.86. The summed E-state index contributed by atoms with van der Waals surface area (Å²) >= 11 is 7.32. The molecule has 0 spiro atoms. The highest BCUT2D eigenvalue weighted by Crippen LogP contribution is 2.32. The molecule has 0 saturated carbocycles. The standard InChI is InChI=1S/C40H34ClN7O3S/c1-2-26-5-15-34(16-6-26)48-38(28-19-21-42-22-20-28)45-46-40(48)52-25-36(49)43-32-12-7-29(8-13-32)39(51)44-33-14-17-35-30(23-33)9-18-37(50)47(35)24-27-3-10-31(41)11-4-27/h3-8,10-17,19-23H,2,9,18,24-25H2,1H3,(H,43,49)(H,44,51). The fourth-order valence-electron chi connectivity index (χ4n) is 5.98. The van der Waals surface area contributed by atoms with Gasteiger partial charge in [-0.25, -0.2) is 0 Å². The summed E-state index contributed by atoms with van der Waals surface area (Å²) in [5.41, 5.74) is 7.43. The van der Waals surface area contributed by atoms with Crippen molar-refractivity contribution in [3.8, 4) is 17.1 Å². The highest BCUT2D eigenvalue weighted by molar-refractivity contribution is 7.99. The fraction of sp³-hybridized carbons (Fsp3) is 0.150. The molecule has 4 aromatic carbocycles. The molecule has 1 aliphatic rings. The highest BCUT2D eigenvalue weighted by Gasteiger charge is 2.25. The summed E-state index contributed by atoms with van der Waals surface area (Å²) in [5, 5.41) is 16.0. The van der Waals surface area contributed by atoms with Crippen molar-refractivity contribution in [3.63, 3.8) is 0 Å². The van der Waals surface area contributed by atoms with Crippen LogP contribution in [0, 0.1) is 0 Å². The Hall–Kier alpha value is -5.78. The molecular weight excluding hydrogens is 694 g/mol. The molecule has 0 radical (unpaired) electrons. The molecule has 7 rings (SSSR count). The van der Waals surface area contributed by atoms with Crippen molar-refractivity contribution in [2.24, 2.45) is 0 Å². The van der Waals surface area contributed by atoms with Crippen LogP contribution in [-0.2, 0) is 29.0 Å². The number of carbonyl (C=O) groups is 3. The molecule has 0 atom stereocenters. The van der Waals surface area contributed by atoms with Crippen molar-refractivity contribution in [2.75, 3.05) is 21.3 Å². The number of pyridine rings is 1. The van der Waals surface area contributed by atoms with Gasteiger partial charge in [-0.05, 0) is 108 Å². The van der Waals surface area contributed by atoms with Crippen molar-refractivity contribution in [2.45, 2.75) is 37.9 Å². The highest BCUT2D eigenvalue weighted by atomic mass is 35.5. The molecule has 12 heteroatoms. The summed E-state index contributed by atoms with van der Waals surface area (Å²) in [7, 11) is 0. The maximum atomic E-state index is 13.2. The molecule has 10 nitrogen and oxygen atoms in total. The number of aromatic nitrogens is 4. The molecule has 52 heavy (non-hydrogen) atoms. The SMILES string of the molecule is CCc1ccc(-n2c(SCC(=O)Nc3ccc(C(=O)Nc4ccc5c(c4)CCC(=O)N5Cc4ccc(Cl)cc4)cc3)nnc2-c2ccncc2)cc1. The van der Waals surface area contributed by atoms with Crippen LogP contribution in [0.1, 0.15) is 40.4 Å². The minimum absolute atomic E-state index is 0.0566. The number of nitrogens with one attached hydrogen (secondary N) is 2. The summed E-state index contributed by atoms with van der Waals surface area (Å²) < 4.78 is 1.94. The first-order chi connectivity index (χ1) is 25.3. The molecule has 2 N–H and O–H groups in total. The van der Waals surface area contributed by atoms with Gasteiger partial charge in [0.15, 0.2) is 11.0 Å². The number of hydrogen-bond acceptors (Lipinski definition) is 7. The van der Waals surface area contributed by atoms with Gasteiger partial charge >= 0.3 is 0 Å². The van der Waals surface area contributed by atoms with Gasteiger partial charge in [-0.1, -0.05) is 54.6 Å². The smallest absolute Gasteiger partial charge is 0.255 e. The topological polar surface area (TPSA) is 122 Å². The summed E-state index contributed by atoms with van der Waals surface area (Å²) in [4.78, 5) is 44.9. The van der Waals surface area contributed by atoms with Gasteiger partial charge < -0.3 is 15.5 Å². The van der Waals surface area contributed by atoms with Gasteiger partial charge in [0, 0.05) is 57.7 Å². The Morgan fingerprint density at radius 1 is 0.808 bits per heavy atom. The van der Waals surface area contributed by atoms with Crippen LogP contribution in [-0.4, -0.2) is 43.2 Å². The van der Waals surface area contributed by atoms with Crippen molar-refractivity contribution < 1.29 is 14.4 Å². The Morgan fingerprint density at radius 2 is 1.52 bits per heavy atom. The van der Waals surface area contributed by atoms with Crippen LogP contribution in [0.2, 0.25) is 5.02 Å². The van der Waals surface area contributed by atoms with Crippen LogP contribution in [0.4, 0.5) is 17.1 Å². The van der Waals surface area contributed by atoms with Crippen LogP contribution in [0.25, 0.3) is 17.1 Å². The zero-order valence-electron chi connectivity index (χ0n) is 28.3. The number of carbonyl (C=O) groups excluding carboxylic acids is 3. The molecule has 6 aromatic rings. The first-order valence-corrected chi connectivity index (χ1v) is 18.2.